The fourth-order valence-corrected chi connectivity index (χ4v) is 6.41. The van der Waals surface area contributed by atoms with E-state index in [1.54, 1.807) is 4.90 Å². The lowest BCUT2D eigenvalue weighted by Gasteiger charge is -2.36. The summed E-state index contributed by atoms with van der Waals surface area (Å²) in [5.74, 6) is 1.50. The van der Waals surface area contributed by atoms with Crippen molar-refractivity contribution in [2.75, 3.05) is 45.9 Å². The van der Waals surface area contributed by atoms with Gasteiger partial charge in [-0.3, -0.25) is 9.69 Å². The molecule has 1 aliphatic carbocycles. The fraction of sp³-hybridized carbons (Fsp3) is 0.692. The highest BCUT2D eigenvalue weighted by Crippen LogP contribution is 2.43. The Morgan fingerprint density at radius 3 is 2.45 bits per heavy atom. The number of nitrogens with zero attached hydrogens (tertiary/aromatic N) is 2. The number of amides is 2. The van der Waals surface area contributed by atoms with Crippen LogP contribution in [0.15, 0.2) is 24.3 Å². The van der Waals surface area contributed by atoms with Crippen LogP contribution in [-0.2, 0) is 22.5 Å². The van der Waals surface area contributed by atoms with Crippen molar-refractivity contribution in [3.05, 3.63) is 35.4 Å². The van der Waals surface area contributed by atoms with Gasteiger partial charge in [0.1, 0.15) is 5.78 Å². The van der Waals surface area contributed by atoms with Gasteiger partial charge in [0.25, 0.3) is 0 Å². The molecule has 5 rings (SSSR count). The summed E-state index contributed by atoms with van der Waals surface area (Å²) >= 11 is 0. The highest BCUT2D eigenvalue weighted by molar-refractivity contribution is 5.85. The monoisotopic (exact) mass is 455 g/mol. The Bertz CT molecular complexity index is 838. The molecule has 0 aromatic heterocycles. The standard InChI is InChI=1S/C26H37N3O4/c30-23(15-28-10-7-18-3-1-2-4-20(18)14-28)13-27-26(32)29-11-8-19(9-12-29)25(31)24-21-5-6-22(24)17-33-16-21/h1-4,19,21-24,30H,5-17H2,(H,27,32). The third-order valence-electron chi connectivity index (χ3n) is 8.27. The topological polar surface area (TPSA) is 82.1 Å². The van der Waals surface area contributed by atoms with E-state index in [9.17, 15) is 14.7 Å². The lowest BCUT2D eigenvalue weighted by atomic mass is 9.77. The number of likely N-dealkylation sites (tertiary alicyclic amines) is 1. The summed E-state index contributed by atoms with van der Waals surface area (Å²) in [6, 6.07) is 8.33. The molecule has 3 unspecified atom stereocenters. The number of β-amino-alcohol motifs (C(OH)–C–C–N with tert-alkyl or cyclic N) is 1. The van der Waals surface area contributed by atoms with E-state index in [2.05, 4.69) is 34.5 Å². The summed E-state index contributed by atoms with van der Waals surface area (Å²) in [6.07, 6.45) is 4.14. The second-order valence-corrected chi connectivity index (χ2v) is 10.4. The quantitative estimate of drug-likeness (QED) is 0.686. The van der Waals surface area contributed by atoms with Crippen LogP contribution in [-0.4, -0.2) is 78.8 Å². The molecular formula is C26H37N3O4. The molecule has 1 saturated carbocycles. The van der Waals surface area contributed by atoms with E-state index in [1.165, 1.54) is 11.1 Å². The SMILES string of the molecule is O=C(C1CCN(C(=O)NCC(O)CN2CCc3ccccc3C2)CC1)C1C2CCC1COC2. The first kappa shape index (κ1) is 22.8. The van der Waals surface area contributed by atoms with Crippen LogP contribution in [0.4, 0.5) is 4.79 Å². The number of urea groups is 1. The molecule has 3 atom stereocenters. The Kier molecular flexibility index (Phi) is 6.99. The fourth-order valence-electron chi connectivity index (χ4n) is 6.41. The van der Waals surface area contributed by atoms with E-state index >= 15 is 0 Å². The second kappa shape index (κ2) is 10.1. The summed E-state index contributed by atoms with van der Waals surface area (Å²) in [5, 5.41) is 13.4. The smallest absolute Gasteiger partial charge is 0.317 e. The van der Waals surface area contributed by atoms with Crippen LogP contribution in [0.25, 0.3) is 0 Å². The van der Waals surface area contributed by atoms with Crippen LogP contribution >= 0.6 is 0 Å². The molecule has 2 amide bonds. The van der Waals surface area contributed by atoms with Crippen molar-refractivity contribution in [1.82, 2.24) is 15.1 Å². The molecule has 3 heterocycles. The average Bonchev–Trinajstić information content (AvgIpc) is 3.10. The zero-order valence-corrected chi connectivity index (χ0v) is 19.5. The zero-order valence-electron chi connectivity index (χ0n) is 19.5. The number of carbonyl (C=O) groups is 2. The maximum absolute atomic E-state index is 13.2. The number of piperidine rings is 1. The maximum atomic E-state index is 13.2. The van der Waals surface area contributed by atoms with Crippen LogP contribution < -0.4 is 5.32 Å². The van der Waals surface area contributed by atoms with Gasteiger partial charge in [0, 0.05) is 51.1 Å². The second-order valence-electron chi connectivity index (χ2n) is 10.4. The van der Waals surface area contributed by atoms with Gasteiger partial charge in [-0.05, 0) is 55.1 Å². The van der Waals surface area contributed by atoms with Gasteiger partial charge < -0.3 is 20.1 Å². The Morgan fingerprint density at radius 2 is 1.73 bits per heavy atom. The lowest BCUT2D eigenvalue weighted by molar-refractivity contribution is -0.135. The minimum absolute atomic E-state index is 0.0767. The summed E-state index contributed by atoms with van der Waals surface area (Å²) in [6.45, 7) is 5.27. The van der Waals surface area contributed by atoms with Gasteiger partial charge in [-0.2, -0.15) is 0 Å². The molecule has 3 fully saturated rings. The van der Waals surface area contributed by atoms with Crippen LogP contribution in [0, 0.1) is 23.7 Å². The Labute approximate surface area is 196 Å². The van der Waals surface area contributed by atoms with Crippen LogP contribution in [0.3, 0.4) is 0 Å². The number of fused-ring (bicyclic) bond motifs is 3. The van der Waals surface area contributed by atoms with Crippen LogP contribution in [0.2, 0.25) is 0 Å². The van der Waals surface area contributed by atoms with Gasteiger partial charge in [-0.25, -0.2) is 4.79 Å². The van der Waals surface area contributed by atoms with E-state index in [0.29, 0.717) is 37.3 Å². The molecule has 3 aliphatic heterocycles. The van der Waals surface area contributed by atoms with Gasteiger partial charge >= 0.3 is 6.03 Å². The first-order valence-corrected chi connectivity index (χ1v) is 12.7. The Morgan fingerprint density at radius 1 is 1.03 bits per heavy atom. The number of rotatable bonds is 6. The van der Waals surface area contributed by atoms with Crippen molar-refractivity contribution in [2.45, 2.75) is 44.8 Å². The van der Waals surface area contributed by atoms with E-state index in [0.717, 1.165) is 58.4 Å². The van der Waals surface area contributed by atoms with Gasteiger partial charge in [-0.15, -0.1) is 0 Å². The molecule has 1 aromatic carbocycles. The molecule has 180 valence electrons. The molecule has 33 heavy (non-hydrogen) atoms. The minimum Gasteiger partial charge on any atom is -0.390 e. The molecule has 7 heteroatoms. The number of carbonyl (C=O) groups excluding carboxylic acids is 2. The number of nitrogens with one attached hydrogen (secondary N) is 1. The Balaban J connectivity index is 1.03. The zero-order chi connectivity index (χ0) is 22.8. The highest BCUT2D eigenvalue weighted by atomic mass is 16.5. The van der Waals surface area contributed by atoms with Gasteiger partial charge in [0.05, 0.1) is 19.3 Å². The number of benzene rings is 1. The number of ketones is 1. The summed E-state index contributed by atoms with van der Waals surface area (Å²) in [4.78, 5) is 29.8. The van der Waals surface area contributed by atoms with E-state index in [-0.39, 0.29) is 24.4 Å². The number of aliphatic hydroxyl groups excluding tert-OH is 1. The first-order chi connectivity index (χ1) is 16.1. The summed E-state index contributed by atoms with van der Waals surface area (Å²) in [7, 11) is 0. The molecule has 2 saturated heterocycles. The molecule has 1 aromatic rings. The third-order valence-corrected chi connectivity index (χ3v) is 8.27. The van der Waals surface area contributed by atoms with Crippen molar-refractivity contribution in [1.29, 1.82) is 0 Å². The van der Waals surface area contributed by atoms with Gasteiger partial charge in [-0.1, -0.05) is 24.3 Å². The molecule has 0 radical (unpaired) electrons. The minimum atomic E-state index is -0.595. The van der Waals surface area contributed by atoms with Crippen molar-refractivity contribution < 1.29 is 19.4 Å². The maximum Gasteiger partial charge on any atom is 0.317 e. The van der Waals surface area contributed by atoms with E-state index < -0.39 is 6.10 Å². The third kappa shape index (κ3) is 5.10. The van der Waals surface area contributed by atoms with Crippen molar-refractivity contribution >= 4 is 11.8 Å². The predicted molar refractivity (Wildman–Crippen MR) is 125 cm³/mol. The van der Waals surface area contributed by atoms with E-state index in [1.807, 2.05) is 0 Å². The molecule has 2 N–H and O–H groups in total. The van der Waals surface area contributed by atoms with Crippen LogP contribution in [0.5, 0.6) is 0 Å². The molecule has 2 bridgehead atoms. The molecule has 7 nitrogen and oxygen atoms in total. The lowest BCUT2D eigenvalue weighted by Crippen LogP contribution is -2.49. The van der Waals surface area contributed by atoms with Gasteiger partial charge in [0.2, 0.25) is 0 Å². The first-order valence-electron chi connectivity index (χ1n) is 12.7. The van der Waals surface area contributed by atoms with Crippen LogP contribution in [0.1, 0.15) is 36.8 Å². The van der Waals surface area contributed by atoms with Crippen molar-refractivity contribution in [3.63, 3.8) is 0 Å². The Hall–Kier alpha value is -1.96. The largest absolute Gasteiger partial charge is 0.390 e. The van der Waals surface area contributed by atoms with Gasteiger partial charge in [0.15, 0.2) is 0 Å². The van der Waals surface area contributed by atoms with Crippen molar-refractivity contribution in [2.24, 2.45) is 23.7 Å². The average molecular weight is 456 g/mol. The number of hydrogen-bond donors (Lipinski definition) is 2. The molecular weight excluding hydrogens is 418 g/mol. The number of ether oxygens (including phenoxy) is 1. The van der Waals surface area contributed by atoms with Crippen molar-refractivity contribution in [3.8, 4) is 0 Å². The number of Topliss-reactive ketones (excluding diaryl/α,β-unsaturated/α-hetero) is 1. The highest BCUT2D eigenvalue weighted by Gasteiger charge is 2.46. The number of aliphatic hydroxyl groups is 1. The normalized spacial score (nSPS) is 28.9. The molecule has 0 spiro atoms. The summed E-state index contributed by atoms with van der Waals surface area (Å²) < 4.78 is 5.65. The summed E-state index contributed by atoms with van der Waals surface area (Å²) in [5.41, 5.74) is 2.72. The predicted octanol–water partition coefficient (Wildman–Crippen LogP) is 2.07. The molecule has 4 aliphatic rings. The number of hydrogen-bond acceptors (Lipinski definition) is 5. The van der Waals surface area contributed by atoms with E-state index in [4.69, 9.17) is 4.74 Å².